The van der Waals surface area contributed by atoms with E-state index in [1.165, 1.54) is 0 Å². The smallest absolute Gasteiger partial charge is 0.410 e. The fourth-order valence-electron chi connectivity index (χ4n) is 1.35. The molecule has 0 N–H and O–H groups in total. The van der Waals surface area contributed by atoms with Crippen LogP contribution >= 0.6 is 0 Å². The van der Waals surface area contributed by atoms with Crippen LogP contribution in [-0.2, 0) is 14.0 Å². The molecule has 88 valence electrons. The fraction of sp³-hybridized carbons (Fsp3) is 1.00. The number of rotatable bonds is 3. The highest BCUT2D eigenvalue weighted by molar-refractivity contribution is 6.44. The molecule has 0 unspecified atom stereocenters. The van der Waals surface area contributed by atoms with Gasteiger partial charge in [-0.15, -0.1) is 0 Å². The Labute approximate surface area is 93.6 Å². The van der Waals surface area contributed by atoms with Gasteiger partial charge in [0.2, 0.25) is 0 Å². The van der Waals surface area contributed by atoms with Gasteiger partial charge in [0.25, 0.3) is 0 Å². The zero-order valence-electron chi connectivity index (χ0n) is 10.6. The lowest BCUT2D eigenvalue weighted by atomic mass is 9.80. The first-order valence-corrected chi connectivity index (χ1v) is 5.66. The van der Waals surface area contributed by atoms with Crippen molar-refractivity contribution in [3.05, 3.63) is 0 Å². The molecule has 0 saturated carbocycles. The highest BCUT2D eigenvalue weighted by atomic mass is 16.6. The lowest BCUT2D eigenvalue weighted by Gasteiger charge is -2.33. The molecule has 0 aromatic rings. The van der Waals surface area contributed by atoms with E-state index in [-0.39, 0.29) is 18.1 Å². The van der Waals surface area contributed by atoms with E-state index in [9.17, 15) is 0 Å². The molecule has 0 radical (unpaired) electrons. The first-order chi connectivity index (χ1) is 6.79. The summed E-state index contributed by atoms with van der Waals surface area (Å²) in [6, 6.07) is 0. The topological polar surface area (TPSA) is 27.7 Å². The summed E-state index contributed by atoms with van der Waals surface area (Å²) in [5.41, 5.74) is 0.0787. The fourth-order valence-corrected chi connectivity index (χ4v) is 1.35. The predicted molar refractivity (Wildman–Crippen MR) is 62.0 cm³/mol. The van der Waals surface area contributed by atoms with Gasteiger partial charge in [0.05, 0.1) is 5.60 Å². The number of hydrogen-bond acceptors (Lipinski definition) is 3. The summed E-state index contributed by atoms with van der Waals surface area (Å²) in [7, 11) is -0.0830. The Balaban J connectivity index is 2.14. The second-order valence-corrected chi connectivity index (χ2v) is 5.97. The first kappa shape index (κ1) is 13.0. The SMILES string of the molecule is CC1(C)COB(CCOC(C)(C)C)OC1. The van der Waals surface area contributed by atoms with Crippen molar-refractivity contribution in [2.45, 2.75) is 46.5 Å². The zero-order chi connectivity index (χ0) is 11.5. The molecule has 0 spiro atoms. The Morgan fingerprint density at radius 1 is 1.20 bits per heavy atom. The molecule has 0 aromatic heterocycles. The van der Waals surface area contributed by atoms with Crippen LogP contribution in [0.2, 0.25) is 6.32 Å². The molecule has 0 aliphatic carbocycles. The normalized spacial score (nSPS) is 21.8. The number of ether oxygens (including phenoxy) is 1. The standard InChI is InChI=1S/C11H23BO3/c1-10(2,3)13-7-6-12-14-8-11(4,5)9-15-12/h6-9H2,1-5H3. The Morgan fingerprint density at radius 2 is 1.73 bits per heavy atom. The summed E-state index contributed by atoms with van der Waals surface area (Å²) in [5.74, 6) is 0. The summed E-state index contributed by atoms with van der Waals surface area (Å²) >= 11 is 0. The second kappa shape index (κ2) is 4.85. The lowest BCUT2D eigenvalue weighted by Crippen LogP contribution is -2.41. The Morgan fingerprint density at radius 3 is 2.20 bits per heavy atom. The van der Waals surface area contributed by atoms with E-state index in [2.05, 4.69) is 34.6 Å². The maximum Gasteiger partial charge on any atom is 0.459 e. The van der Waals surface area contributed by atoms with E-state index in [1.54, 1.807) is 0 Å². The van der Waals surface area contributed by atoms with Gasteiger partial charge < -0.3 is 14.0 Å². The third kappa shape index (κ3) is 5.54. The summed E-state index contributed by atoms with van der Waals surface area (Å²) in [6.07, 6.45) is 0.813. The van der Waals surface area contributed by atoms with Crippen LogP contribution in [-0.4, -0.2) is 32.5 Å². The van der Waals surface area contributed by atoms with E-state index >= 15 is 0 Å². The van der Waals surface area contributed by atoms with Gasteiger partial charge in [-0.05, 0) is 20.8 Å². The largest absolute Gasteiger partial charge is 0.459 e. The highest BCUT2D eigenvalue weighted by Gasteiger charge is 2.31. The third-order valence-corrected chi connectivity index (χ3v) is 2.21. The summed E-state index contributed by atoms with van der Waals surface area (Å²) < 4.78 is 16.8. The first-order valence-electron chi connectivity index (χ1n) is 5.66. The molecule has 0 amide bonds. The van der Waals surface area contributed by atoms with Gasteiger partial charge in [0, 0.05) is 31.6 Å². The highest BCUT2D eigenvalue weighted by Crippen LogP contribution is 2.22. The van der Waals surface area contributed by atoms with Gasteiger partial charge >= 0.3 is 7.12 Å². The van der Waals surface area contributed by atoms with Crippen molar-refractivity contribution < 1.29 is 14.0 Å². The Hall–Kier alpha value is -0.0551. The van der Waals surface area contributed by atoms with Gasteiger partial charge in [-0.2, -0.15) is 0 Å². The molecule has 1 aliphatic heterocycles. The maximum atomic E-state index is 5.62. The van der Waals surface area contributed by atoms with Crippen molar-refractivity contribution in [2.24, 2.45) is 5.41 Å². The molecule has 3 nitrogen and oxygen atoms in total. The molecular formula is C11H23BO3. The molecular weight excluding hydrogens is 191 g/mol. The predicted octanol–water partition coefficient (Wildman–Crippen LogP) is 2.36. The Kier molecular flexibility index (Phi) is 4.21. The van der Waals surface area contributed by atoms with Gasteiger partial charge in [-0.3, -0.25) is 0 Å². The minimum Gasteiger partial charge on any atom is -0.410 e. The van der Waals surface area contributed by atoms with Crippen LogP contribution in [0.1, 0.15) is 34.6 Å². The van der Waals surface area contributed by atoms with Crippen LogP contribution < -0.4 is 0 Å². The molecule has 1 rings (SSSR count). The van der Waals surface area contributed by atoms with Crippen LogP contribution in [0.3, 0.4) is 0 Å². The van der Waals surface area contributed by atoms with Crippen molar-refractivity contribution in [1.29, 1.82) is 0 Å². The average molecular weight is 214 g/mol. The van der Waals surface area contributed by atoms with Gasteiger partial charge in [-0.1, -0.05) is 13.8 Å². The van der Waals surface area contributed by atoms with Crippen LogP contribution in [0.5, 0.6) is 0 Å². The van der Waals surface area contributed by atoms with E-state index in [4.69, 9.17) is 14.0 Å². The second-order valence-electron chi connectivity index (χ2n) is 5.97. The molecule has 0 bridgehead atoms. The molecule has 0 aromatic carbocycles. The minimum absolute atomic E-state index is 0.0755. The summed E-state index contributed by atoms with van der Waals surface area (Å²) in [5, 5.41) is 0. The molecule has 0 atom stereocenters. The third-order valence-electron chi connectivity index (χ3n) is 2.21. The lowest BCUT2D eigenvalue weighted by molar-refractivity contribution is -0.00712. The van der Waals surface area contributed by atoms with Crippen molar-refractivity contribution >= 4 is 7.12 Å². The minimum atomic E-state index is -0.0830. The van der Waals surface area contributed by atoms with Crippen LogP contribution in [0.4, 0.5) is 0 Å². The monoisotopic (exact) mass is 214 g/mol. The van der Waals surface area contributed by atoms with E-state index in [0.717, 1.165) is 19.5 Å². The molecule has 15 heavy (non-hydrogen) atoms. The summed E-state index contributed by atoms with van der Waals surface area (Å²) in [6.45, 7) is 12.7. The Bertz CT molecular complexity index is 188. The van der Waals surface area contributed by atoms with E-state index < -0.39 is 0 Å². The quantitative estimate of drug-likeness (QED) is 0.675. The summed E-state index contributed by atoms with van der Waals surface area (Å²) in [4.78, 5) is 0. The van der Waals surface area contributed by atoms with Crippen molar-refractivity contribution in [2.75, 3.05) is 19.8 Å². The van der Waals surface area contributed by atoms with Gasteiger partial charge in [0.15, 0.2) is 0 Å². The number of hydrogen-bond donors (Lipinski definition) is 0. The van der Waals surface area contributed by atoms with Crippen molar-refractivity contribution in [3.63, 3.8) is 0 Å². The average Bonchev–Trinajstić information content (AvgIpc) is 2.06. The van der Waals surface area contributed by atoms with Gasteiger partial charge in [0.1, 0.15) is 0 Å². The molecule has 1 aliphatic rings. The zero-order valence-corrected chi connectivity index (χ0v) is 10.6. The van der Waals surface area contributed by atoms with Crippen molar-refractivity contribution in [3.8, 4) is 0 Å². The molecule has 4 heteroatoms. The van der Waals surface area contributed by atoms with Crippen LogP contribution in [0.15, 0.2) is 0 Å². The van der Waals surface area contributed by atoms with E-state index in [1.807, 2.05) is 0 Å². The van der Waals surface area contributed by atoms with Crippen molar-refractivity contribution in [1.82, 2.24) is 0 Å². The maximum absolute atomic E-state index is 5.62. The van der Waals surface area contributed by atoms with E-state index in [0.29, 0.717) is 6.61 Å². The van der Waals surface area contributed by atoms with Crippen LogP contribution in [0, 0.1) is 5.41 Å². The van der Waals surface area contributed by atoms with Crippen LogP contribution in [0.25, 0.3) is 0 Å². The molecule has 1 heterocycles. The molecule has 1 saturated heterocycles. The molecule has 1 fully saturated rings. The van der Waals surface area contributed by atoms with Gasteiger partial charge in [-0.25, -0.2) is 0 Å².